The van der Waals surface area contributed by atoms with Crippen molar-refractivity contribution in [2.45, 2.75) is 14.9 Å². The molecule has 5 aromatic rings. The van der Waals surface area contributed by atoms with Gasteiger partial charge in [0.25, 0.3) is 5.56 Å². The molecule has 4 aromatic carbocycles. The molecule has 1 amide bonds. The second kappa shape index (κ2) is 11.2. The maximum Gasteiger partial charge on any atom is 0.266 e. The highest BCUT2D eigenvalue weighted by Gasteiger charge is 2.16. The van der Waals surface area contributed by atoms with Crippen molar-refractivity contribution in [3.8, 4) is 5.69 Å². The number of hydrogen-bond acceptors (Lipinski definition) is 5. The Hall–Kier alpha value is -3.59. The summed E-state index contributed by atoms with van der Waals surface area (Å²) in [5, 5.41) is 4.40. The summed E-state index contributed by atoms with van der Waals surface area (Å²) in [6.07, 6.45) is 0. The van der Waals surface area contributed by atoms with Gasteiger partial charge in [0.1, 0.15) is 5.82 Å². The summed E-state index contributed by atoms with van der Waals surface area (Å²) < 4.78 is 14.9. The number of nitrogens with one attached hydrogen (secondary N) is 1. The number of benzene rings is 4. The van der Waals surface area contributed by atoms with E-state index >= 15 is 0 Å². The van der Waals surface area contributed by atoms with E-state index < -0.39 is 5.82 Å². The highest BCUT2D eigenvalue weighted by atomic mass is 35.5. The predicted molar refractivity (Wildman–Crippen MR) is 149 cm³/mol. The van der Waals surface area contributed by atoms with Crippen LogP contribution in [0.4, 0.5) is 10.1 Å². The van der Waals surface area contributed by atoms with Gasteiger partial charge in [-0.2, -0.15) is 0 Å². The molecule has 0 aliphatic carbocycles. The van der Waals surface area contributed by atoms with Crippen molar-refractivity contribution in [3.05, 3.63) is 118 Å². The first-order chi connectivity index (χ1) is 18.0. The van der Waals surface area contributed by atoms with Gasteiger partial charge in [-0.25, -0.2) is 9.37 Å². The van der Waals surface area contributed by atoms with Gasteiger partial charge in [0.05, 0.1) is 28.0 Å². The van der Waals surface area contributed by atoms with Gasteiger partial charge in [0.2, 0.25) is 5.91 Å². The van der Waals surface area contributed by atoms with E-state index in [-0.39, 0.29) is 17.2 Å². The van der Waals surface area contributed by atoms with Gasteiger partial charge in [-0.05, 0) is 72.8 Å². The fourth-order valence-electron chi connectivity index (χ4n) is 3.63. The molecule has 1 N–H and O–H groups in total. The van der Waals surface area contributed by atoms with Crippen LogP contribution in [-0.2, 0) is 4.79 Å². The van der Waals surface area contributed by atoms with Gasteiger partial charge in [-0.15, -0.1) is 0 Å². The fraction of sp³-hybridized carbons (Fsp3) is 0.0357. The van der Waals surface area contributed by atoms with E-state index in [0.717, 1.165) is 21.6 Å². The topological polar surface area (TPSA) is 64.0 Å². The molecule has 5 nitrogen and oxygen atoms in total. The van der Waals surface area contributed by atoms with E-state index in [9.17, 15) is 14.0 Å². The number of amides is 1. The molecule has 0 saturated heterocycles. The molecule has 0 bridgehead atoms. The van der Waals surface area contributed by atoms with Crippen LogP contribution in [0.5, 0.6) is 0 Å². The van der Waals surface area contributed by atoms with Crippen LogP contribution in [0.1, 0.15) is 0 Å². The summed E-state index contributed by atoms with van der Waals surface area (Å²) in [7, 11) is 0. The predicted octanol–water partition coefficient (Wildman–Crippen LogP) is 7.06. The van der Waals surface area contributed by atoms with Crippen molar-refractivity contribution in [2.24, 2.45) is 0 Å². The lowest BCUT2D eigenvalue weighted by Gasteiger charge is -2.14. The first-order valence-corrected chi connectivity index (χ1v) is 13.4. The number of aromatic nitrogens is 2. The Morgan fingerprint density at radius 3 is 2.41 bits per heavy atom. The molecular formula is C28H19ClFN3O2S2. The number of rotatable bonds is 7. The van der Waals surface area contributed by atoms with Crippen LogP contribution >= 0.6 is 35.1 Å². The molecule has 37 heavy (non-hydrogen) atoms. The SMILES string of the molecule is O=C(CSc1nc2ccccc2c(=O)n1-c1ccc(F)cc1)Nc1ccccc1Sc1ccc(Cl)cc1. The van der Waals surface area contributed by atoms with E-state index in [0.29, 0.717) is 32.5 Å². The minimum Gasteiger partial charge on any atom is -0.324 e. The molecule has 5 rings (SSSR count). The number of carbonyl (C=O) groups excluding carboxylic acids is 1. The third-order valence-electron chi connectivity index (χ3n) is 5.36. The summed E-state index contributed by atoms with van der Waals surface area (Å²) in [5.74, 6) is -0.636. The lowest BCUT2D eigenvalue weighted by Crippen LogP contribution is -2.23. The zero-order valence-corrected chi connectivity index (χ0v) is 21.6. The maximum atomic E-state index is 13.5. The summed E-state index contributed by atoms with van der Waals surface area (Å²) >= 11 is 8.64. The number of nitrogens with zero attached hydrogens (tertiary/aromatic N) is 2. The van der Waals surface area contributed by atoms with Crippen LogP contribution in [0.2, 0.25) is 5.02 Å². The molecule has 0 unspecified atom stereocenters. The van der Waals surface area contributed by atoms with E-state index in [1.807, 2.05) is 48.5 Å². The molecule has 9 heteroatoms. The van der Waals surface area contributed by atoms with Crippen LogP contribution in [0.25, 0.3) is 16.6 Å². The third-order valence-corrected chi connectivity index (χ3v) is 7.64. The van der Waals surface area contributed by atoms with Crippen molar-refractivity contribution in [3.63, 3.8) is 0 Å². The smallest absolute Gasteiger partial charge is 0.266 e. The van der Waals surface area contributed by atoms with Crippen LogP contribution in [0.3, 0.4) is 0 Å². The number of fused-ring (bicyclic) bond motifs is 1. The third kappa shape index (κ3) is 5.88. The number of halogens is 2. The summed E-state index contributed by atoms with van der Waals surface area (Å²) in [4.78, 5) is 32.8. The fourth-order valence-corrected chi connectivity index (χ4v) is 5.47. The zero-order chi connectivity index (χ0) is 25.8. The number of carbonyl (C=O) groups is 1. The minimum atomic E-state index is -0.408. The Bertz CT molecular complexity index is 1640. The van der Waals surface area contributed by atoms with E-state index in [2.05, 4.69) is 10.3 Å². The maximum absolute atomic E-state index is 13.5. The van der Waals surface area contributed by atoms with Crippen molar-refractivity contribution in [1.82, 2.24) is 9.55 Å². The number of anilines is 1. The van der Waals surface area contributed by atoms with Crippen LogP contribution in [0.15, 0.2) is 117 Å². The Kier molecular flexibility index (Phi) is 7.60. The number of thioether (sulfide) groups is 1. The van der Waals surface area contributed by atoms with E-state index in [1.165, 1.54) is 40.6 Å². The highest BCUT2D eigenvalue weighted by Crippen LogP contribution is 2.34. The average molecular weight is 548 g/mol. The molecule has 0 saturated carbocycles. The lowest BCUT2D eigenvalue weighted by molar-refractivity contribution is -0.113. The summed E-state index contributed by atoms with van der Waals surface area (Å²) in [6.45, 7) is 0. The van der Waals surface area contributed by atoms with E-state index in [1.54, 1.807) is 24.3 Å². The first kappa shape index (κ1) is 25.1. The molecular weight excluding hydrogens is 529 g/mol. The molecule has 1 aromatic heterocycles. The first-order valence-electron chi connectivity index (χ1n) is 11.2. The molecule has 0 atom stereocenters. The number of para-hydroxylation sites is 2. The second-order valence-corrected chi connectivity index (χ2v) is 10.4. The normalized spacial score (nSPS) is 11.0. The molecule has 0 fully saturated rings. The number of hydrogen-bond donors (Lipinski definition) is 1. The van der Waals surface area contributed by atoms with Gasteiger partial charge in [-0.1, -0.05) is 59.4 Å². The second-order valence-electron chi connectivity index (χ2n) is 7.92. The quantitative estimate of drug-likeness (QED) is 0.174. The van der Waals surface area contributed by atoms with Crippen molar-refractivity contribution >= 4 is 57.6 Å². The average Bonchev–Trinajstić information content (AvgIpc) is 2.91. The van der Waals surface area contributed by atoms with Gasteiger partial charge >= 0.3 is 0 Å². The molecule has 0 aliphatic heterocycles. The molecule has 184 valence electrons. The van der Waals surface area contributed by atoms with Gasteiger partial charge in [0.15, 0.2) is 5.16 Å². The van der Waals surface area contributed by atoms with Crippen LogP contribution < -0.4 is 10.9 Å². The Morgan fingerprint density at radius 2 is 1.62 bits per heavy atom. The minimum absolute atomic E-state index is 0.0198. The summed E-state index contributed by atoms with van der Waals surface area (Å²) in [6, 6.07) is 27.6. The van der Waals surface area contributed by atoms with E-state index in [4.69, 9.17) is 11.6 Å². The summed E-state index contributed by atoms with van der Waals surface area (Å²) in [5.41, 5.74) is 1.39. The Labute approximate surface area is 225 Å². The molecule has 0 aliphatic rings. The van der Waals surface area contributed by atoms with Gasteiger partial charge in [-0.3, -0.25) is 14.2 Å². The Balaban J connectivity index is 1.38. The van der Waals surface area contributed by atoms with Crippen LogP contribution in [0, 0.1) is 5.82 Å². The van der Waals surface area contributed by atoms with Crippen molar-refractivity contribution in [2.75, 3.05) is 11.1 Å². The largest absolute Gasteiger partial charge is 0.324 e. The van der Waals surface area contributed by atoms with Crippen molar-refractivity contribution in [1.29, 1.82) is 0 Å². The molecule has 1 heterocycles. The monoisotopic (exact) mass is 547 g/mol. The lowest BCUT2D eigenvalue weighted by atomic mass is 10.2. The molecule has 0 spiro atoms. The highest BCUT2D eigenvalue weighted by molar-refractivity contribution is 8.00. The zero-order valence-electron chi connectivity index (χ0n) is 19.2. The van der Waals surface area contributed by atoms with Gasteiger partial charge in [0, 0.05) is 14.8 Å². The van der Waals surface area contributed by atoms with Crippen LogP contribution in [-0.4, -0.2) is 21.2 Å². The van der Waals surface area contributed by atoms with Gasteiger partial charge < -0.3 is 5.32 Å². The Morgan fingerprint density at radius 1 is 0.919 bits per heavy atom. The standard InChI is InChI=1S/C28H19ClFN3O2S2/c29-18-9-15-21(16-10-18)37-25-8-4-3-7-24(25)31-26(34)17-36-28-32-23-6-2-1-5-22(23)27(35)33(28)20-13-11-19(30)12-14-20/h1-16H,17H2,(H,31,34). The molecule has 0 radical (unpaired) electrons. The van der Waals surface area contributed by atoms with Crippen molar-refractivity contribution < 1.29 is 9.18 Å².